The summed E-state index contributed by atoms with van der Waals surface area (Å²) in [5.41, 5.74) is 1.53. The van der Waals surface area contributed by atoms with Gasteiger partial charge in [0.1, 0.15) is 13.1 Å². The fourth-order valence-corrected chi connectivity index (χ4v) is 7.14. The van der Waals surface area contributed by atoms with Crippen LogP contribution in [0.25, 0.3) is 0 Å². The fraction of sp³-hybridized carbons (Fsp3) is 0.500. The number of Topliss-reactive ketones (excluding diaryl/α,β-unsaturated/α-hetero) is 1. The van der Waals surface area contributed by atoms with Crippen LogP contribution in [0.15, 0.2) is 47.5 Å². The lowest BCUT2D eigenvalue weighted by molar-refractivity contribution is -0.120. The van der Waals surface area contributed by atoms with Crippen LogP contribution in [0.4, 0.5) is 0 Å². The van der Waals surface area contributed by atoms with Gasteiger partial charge in [-0.3, -0.25) is 9.78 Å². The van der Waals surface area contributed by atoms with Crippen LogP contribution in [0.5, 0.6) is 0 Å². The van der Waals surface area contributed by atoms with E-state index in [0.29, 0.717) is 24.8 Å². The molecule has 34 heavy (non-hydrogen) atoms. The first-order chi connectivity index (χ1) is 16.2. The standard InChI is InChI=1S/C26H36NO5PS/c1-5-31-33(3,32-6-2)23-15-16-27-22(18-23)19-26(28)25(17-20-9-7-8-10-20)21-11-13-24(14-12-21)34(4,29)30/h11-16,18,20,25H,3,5-10,17,19H2,1-2,4H3/t25-/m1/s1. The average molecular weight is 506 g/mol. The smallest absolute Gasteiger partial charge is 0.175 e. The van der Waals surface area contributed by atoms with Crippen LogP contribution in [-0.2, 0) is 30.1 Å². The number of ketones is 1. The molecule has 1 heterocycles. The number of carbonyl (C=O) groups is 1. The Balaban J connectivity index is 1.86. The maximum atomic E-state index is 13.6. The molecule has 1 atom stereocenters. The van der Waals surface area contributed by atoms with Crippen LogP contribution >= 0.6 is 7.34 Å². The van der Waals surface area contributed by atoms with Crippen molar-refractivity contribution in [3.05, 3.63) is 53.9 Å². The molecule has 0 N–H and O–H groups in total. The van der Waals surface area contributed by atoms with Crippen LogP contribution in [-0.4, -0.2) is 45.0 Å². The van der Waals surface area contributed by atoms with E-state index in [2.05, 4.69) is 11.3 Å². The summed E-state index contributed by atoms with van der Waals surface area (Å²) in [6.45, 7) is 4.79. The lowest BCUT2D eigenvalue weighted by atomic mass is 9.83. The molecule has 1 fully saturated rings. The lowest BCUT2D eigenvalue weighted by Crippen LogP contribution is -2.20. The Hall–Kier alpha value is -1.79. The van der Waals surface area contributed by atoms with Gasteiger partial charge in [-0.05, 0) is 62.3 Å². The second-order valence-electron chi connectivity index (χ2n) is 8.94. The molecule has 1 aliphatic rings. The van der Waals surface area contributed by atoms with E-state index >= 15 is 0 Å². The summed E-state index contributed by atoms with van der Waals surface area (Å²) < 4.78 is 35.5. The Bertz CT molecular complexity index is 1110. The van der Waals surface area contributed by atoms with E-state index in [1.54, 1.807) is 30.5 Å². The van der Waals surface area contributed by atoms with Gasteiger partial charge in [0.15, 0.2) is 9.84 Å². The Morgan fingerprint density at radius 2 is 1.74 bits per heavy atom. The van der Waals surface area contributed by atoms with Crippen molar-refractivity contribution >= 4 is 34.6 Å². The van der Waals surface area contributed by atoms with E-state index < -0.39 is 17.2 Å². The predicted molar refractivity (Wildman–Crippen MR) is 139 cm³/mol. The lowest BCUT2D eigenvalue weighted by Gasteiger charge is -2.24. The van der Waals surface area contributed by atoms with Gasteiger partial charge in [-0.15, -0.1) is 0 Å². The topological polar surface area (TPSA) is 82.6 Å². The number of rotatable bonds is 12. The molecule has 1 aromatic heterocycles. The monoisotopic (exact) mass is 505 g/mol. The highest BCUT2D eigenvalue weighted by Crippen LogP contribution is 2.46. The largest absolute Gasteiger partial charge is 0.334 e. The molecule has 6 nitrogen and oxygen atoms in total. The molecular formula is C26H36NO5PS. The first-order valence-electron chi connectivity index (χ1n) is 12.0. The highest BCUT2D eigenvalue weighted by molar-refractivity contribution is 7.90. The molecule has 1 aromatic carbocycles. The minimum Gasteiger partial charge on any atom is -0.334 e. The van der Waals surface area contributed by atoms with Gasteiger partial charge in [-0.2, -0.15) is 0 Å². The zero-order valence-corrected chi connectivity index (χ0v) is 22.1. The zero-order valence-electron chi connectivity index (χ0n) is 20.4. The minimum atomic E-state index is -3.29. The van der Waals surface area contributed by atoms with Crippen LogP contribution in [0.2, 0.25) is 0 Å². The molecule has 0 unspecified atom stereocenters. The second-order valence-corrected chi connectivity index (χ2v) is 13.3. The molecule has 1 saturated carbocycles. The third-order valence-corrected chi connectivity index (χ3v) is 9.91. The number of pyridine rings is 1. The van der Waals surface area contributed by atoms with Gasteiger partial charge < -0.3 is 9.05 Å². The Labute approximate surface area is 204 Å². The van der Waals surface area contributed by atoms with E-state index in [-0.39, 0.29) is 23.0 Å². The van der Waals surface area contributed by atoms with E-state index in [4.69, 9.17) is 9.05 Å². The Kier molecular flexibility index (Phi) is 9.27. The van der Waals surface area contributed by atoms with Crippen molar-refractivity contribution in [2.75, 3.05) is 19.5 Å². The fourth-order valence-electron chi connectivity index (χ4n) is 4.66. The quantitative estimate of drug-likeness (QED) is 0.380. The number of nitrogens with zero attached hydrogens (tertiary/aromatic N) is 1. The van der Waals surface area contributed by atoms with E-state index in [9.17, 15) is 13.2 Å². The van der Waals surface area contributed by atoms with Gasteiger partial charge in [-0.1, -0.05) is 37.8 Å². The van der Waals surface area contributed by atoms with Gasteiger partial charge in [0.05, 0.1) is 18.1 Å². The normalized spacial score (nSPS) is 16.0. The summed E-state index contributed by atoms with van der Waals surface area (Å²) in [6.07, 6.45) is 12.7. The number of sulfone groups is 1. The van der Waals surface area contributed by atoms with Gasteiger partial charge >= 0.3 is 0 Å². The molecule has 0 bridgehead atoms. The van der Waals surface area contributed by atoms with Gasteiger partial charge in [-0.25, -0.2) is 8.42 Å². The maximum Gasteiger partial charge on any atom is 0.175 e. The van der Waals surface area contributed by atoms with Gasteiger partial charge in [0.25, 0.3) is 0 Å². The van der Waals surface area contributed by atoms with Gasteiger partial charge in [0, 0.05) is 35.8 Å². The zero-order chi connectivity index (χ0) is 24.8. The highest BCUT2D eigenvalue weighted by Gasteiger charge is 2.28. The van der Waals surface area contributed by atoms with Crippen LogP contribution < -0.4 is 5.30 Å². The third kappa shape index (κ3) is 6.88. The molecule has 8 heteroatoms. The second kappa shape index (κ2) is 11.8. The average Bonchev–Trinajstić information content (AvgIpc) is 3.31. The minimum absolute atomic E-state index is 0.0875. The van der Waals surface area contributed by atoms with Crippen molar-refractivity contribution in [1.29, 1.82) is 0 Å². The number of hydrogen-bond acceptors (Lipinski definition) is 6. The summed E-state index contributed by atoms with van der Waals surface area (Å²) in [4.78, 5) is 18.3. The van der Waals surface area contributed by atoms with E-state index in [1.807, 2.05) is 26.0 Å². The first-order valence-corrected chi connectivity index (χ1v) is 15.7. The number of hydrogen-bond donors (Lipinski definition) is 0. The molecule has 2 aromatic rings. The molecule has 1 aliphatic carbocycles. The molecule has 0 radical (unpaired) electrons. The van der Waals surface area contributed by atoms with Crippen molar-refractivity contribution in [1.82, 2.24) is 4.98 Å². The van der Waals surface area contributed by atoms with Crippen LogP contribution in [0.1, 0.15) is 63.1 Å². The number of benzene rings is 1. The van der Waals surface area contributed by atoms with Crippen molar-refractivity contribution in [2.24, 2.45) is 5.92 Å². The molecule has 3 rings (SSSR count). The summed E-state index contributed by atoms with van der Waals surface area (Å²) in [7, 11) is -5.76. The van der Waals surface area contributed by atoms with Crippen molar-refractivity contribution in [3.8, 4) is 0 Å². The Morgan fingerprint density at radius 1 is 1.12 bits per heavy atom. The SMILES string of the molecule is C=P(OCC)(OCC)c1ccnc(CC(=O)[C@H](CC2CCCC2)c2ccc(S(C)(=O)=O)cc2)c1. The molecule has 0 aliphatic heterocycles. The predicted octanol–water partition coefficient (Wildman–Crippen LogP) is 4.94. The van der Waals surface area contributed by atoms with Gasteiger partial charge in [0.2, 0.25) is 0 Å². The molecule has 0 amide bonds. The Morgan fingerprint density at radius 3 is 2.29 bits per heavy atom. The highest BCUT2D eigenvalue weighted by atomic mass is 32.2. The van der Waals surface area contributed by atoms with E-state index in [1.165, 1.54) is 19.1 Å². The van der Waals surface area contributed by atoms with Crippen molar-refractivity contribution in [2.45, 2.75) is 63.2 Å². The molecular weight excluding hydrogens is 469 g/mol. The van der Waals surface area contributed by atoms with Crippen LogP contribution in [0.3, 0.4) is 0 Å². The molecule has 0 saturated heterocycles. The first kappa shape index (κ1) is 26.8. The maximum absolute atomic E-state index is 13.6. The number of carbonyl (C=O) groups excluding carboxylic acids is 1. The summed E-state index contributed by atoms with van der Waals surface area (Å²) in [5, 5.41) is 0.832. The summed E-state index contributed by atoms with van der Waals surface area (Å²) in [5.74, 6) is 0.307. The molecule has 186 valence electrons. The van der Waals surface area contributed by atoms with Crippen LogP contribution in [0, 0.1) is 5.92 Å². The van der Waals surface area contributed by atoms with Crippen molar-refractivity contribution in [3.63, 3.8) is 0 Å². The number of aromatic nitrogens is 1. The summed E-state index contributed by atoms with van der Waals surface area (Å²) >= 11 is 0. The van der Waals surface area contributed by atoms with E-state index in [0.717, 1.165) is 30.1 Å². The summed E-state index contributed by atoms with van der Waals surface area (Å²) in [6, 6.07) is 10.5. The molecule has 0 spiro atoms. The van der Waals surface area contributed by atoms with Crippen molar-refractivity contribution < 1.29 is 22.3 Å². The third-order valence-electron chi connectivity index (χ3n) is 6.37.